The third-order valence-electron chi connectivity index (χ3n) is 5.64. The van der Waals surface area contributed by atoms with Gasteiger partial charge < -0.3 is 26.8 Å². The molecule has 0 saturated heterocycles. The summed E-state index contributed by atoms with van der Waals surface area (Å²) < 4.78 is 6.20. The first-order valence-corrected chi connectivity index (χ1v) is 10.0. The third-order valence-corrected chi connectivity index (χ3v) is 5.64. The number of aryl methyl sites for hydroxylation is 1. The summed E-state index contributed by atoms with van der Waals surface area (Å²) in [6.07, 6.45) is 0.766. The van der Waals surface area contributed by atoms with Crippen LogP contribution >= 0.6 is 0 Å². The Balaban J connectivity index is 1.58. The standard InChI is InChI=1S/C22H25BN4O3/c1-12-6-7-14(8-18(12)27-22(29)17(25)11-24)19-10-23-20(26-19)9-15-4-3-5-16(13(2)28)21(15)30-23/h3-8,10,17,20,26H,9,11,24-25H2,1-2H3,(H,27,29). The number of carbonyl (C=O) groups is 2. The topological polar surface area (TPSA) is 119 Å². The monoisotopic (exact) mass is 404 g/mol. The van der Waals surface area contributed by atoms with Crippen LogP contribution in [0.3, 0.4) is 0 Å². The van der Waals surface area contributed by atoms with Crippen molar-refractivity contribution in [1.29, 1.82) is 0 Å². The molecule has 2 atom stereocenters. The van der Waals surface area contributed by atoms with Crippen molar-refractivity contribution in [1.82, 2.24) is 5.32 Å². The molecular formula is C22H25BN4O3. The highest BCUT2D eigenvalue weighted by Gasteiger charge is 2.39. The quantitative estimate of drug-likeness (QED) is 0.442. The van der Waals surface area contributed by atoms with Crippen LogP contribution in [0.2, 0.25) is 0 Å². The zero-order valence-corrected chi connectivity index (χ0v) is 17.1. The molecule has 4 rings (SSSR count). The number of ketones is 1. The Hall–Kier alpha value is -3.10. The largest absolute Gasteiger partial charge is 0.554 e. The van der Waals surface area contributed by atoms with Crippen LogP contribution in [0.25, 0.3) is 5.70 Å². The SMILES string of the molecule is CC(=O)c1cccc2c1OB1C=C(c3ccc(C)c(NC(=O)C(N)CN)c3)NC1C2. The number of benzene rings is 2. The van der Waals surface area contributed by atoms with Gasteiger partial charge in [-0.3, -0.25) is 9.59 Å². The average molecular weight is 404 g/mol. The van der Waals surface area contributed by atoms with E-state index < -0.39 is 6.04 Å². The Bertz CT molecular complexity index is 1050. The molecule has 0 aromatic heterocycles. The molecule has 0 saturated carbocycles. The number of hydrogen-bond acceptors (Lipinski definition) is 6. The fraction of sp³-hybridized carbons (Fsp3) is 0.273. The van der Waals surface area contributed by atoms with Gasteiger partial charge >= 0.3 is 6.92 Å². The summed E-state index contributed by atoms with van der Waals surface area (Å²) in [6, 6.07) is 10.8. The molecule has 154 valence electrons. The van der Waals surface area contributed by atoms with Gasteiger partial charge in [-0.05, 0) is 55.1 Å². The van der Waals surface area contributed by atoms with Crippen LogP contribution in [0.5, 0.6) is 5.75 Å². The number of carbonyl (C=O) groups excluding carboxylic acids is 2. The smallest absolute Gasteiger partial charge is 0.409 e. The highest BCUT2D eigenvalue weighted by Crippen LogP contribution is 2.35. The summed E-state index contributed by atoms with van der Waals surface area (Å²) in [7, 11) is 0. The Kier molecular flexibility index (Phi) is 5.36. The second kappa shape index (κ2) is 7.97. The number of anilines is 1. The van der Waals surface area contributed by atoms with Gasteiger partial charge in [0.15, 0.2) is 5.78 Å². The van der Waals surface area contributed by atoms with Gasteiger partial charge in [-0.15, -0.1) is 0 Å². The van der Waals surface area contributed by atoms with Crippen molar-refractivity contribution in [3.63, 3.8) is 0 Å². The van der Waals surface area contributed by atoms with Gasteiger partial charge in [0, 0.05) is 17.9 Å². The molecule has 2 heterocycles. The van der Waals surface area contributed by atoms with Crippen molar-refractivity contribution in [2.75, 3.05) is 11.9 Å². The minimum Gasteiger partial charge on any atom is -0.554 e. The Morgan fingerprint density at radius 3 is 2.87 bits per heavy atom. The second-order valence-corrected chi connectivity index (χ2v) is 7.83. The van der Waals surface area contributed by atoms with Crippen LogP contribution in [-0.2, 0) is 11.2 Å². The van der Waals surface area contributed by atoms with Crippen molar-refractivity contribution in [3.05, 3.63) is 64.6 Å². The molecule has 1 amide bonds. The second-order valence-electron chi connectivity index (χ2n) is 7.83. The Morgan fingerprint density at radius 1 is 1.33 bits per heavy atom. The van der Waals surface area contributed by atoms with Crippen LogP contribution in [0, 0.1) is 6.92 Å². The van der Waals surface area contributed by atoms with Gasteiger partial charge in [0.2, 0.25) is 5.91 Å². The minimum atomic E-state index is -0.748. The number of para-hydroxylation sites is 1. The van der Waals surface area contributed by atoms with Gasteiger partial charge in [0.05, 0.1) is 17.5 Å². The summed E-state index contributed by atoms with van der Waals surface area (Å²) in [4.78, 5) is 24.1. The zero-order chi connectivity index (χ0) is 21.4. The Morgan fingerprint density at radius 2 is 2.13 bits per heavy atom. The molecule has 30 heavy (non-hydrogen) atoms. The zero-order valence-electron chi connectivity index (χ0n) is 17.1. The average Bonchev–Trinajstić information content (AvgIpc) is 3.15. The van der Waals surface area contributed by atoms with Gasteiger partial charge in [-0.2, -0.15) is 0 Å². The summed E-state index contributed by atoms with van der Waals surface area (Å²) in [6.45, 7) is 3.39. The first-order chi connectivity index (χ1) is 14.4. The van der Waals surface area contributed by atoms with Crippen LogP contribution < -0.4 is 26.8 Å². The highest BCUT2D eigenvalue weighted by atomic mass is 16.4. The molecule has 0 aliphatic carbocycles. The van der Waals surface area contributed by atoms with E-state index in [4.69, 9.17) is 16.1 Å². The lowest BCUT2D eigenvalue weighted by atomic mass is 9.58. The molecule has 8 heteroatoms. The molecule has 0 bridgehead atoms. The summed E-state index contributed by atoms with van der Waals surface area (Å²) in [5.41, 5.74) is 16.4. The first kappa shape index (κ1) is 20.2. The lowest BCUT2D eigenvalue weighted by molar-refractivity contribution is -0.117. The molecule has 7 nitrogen and oxygen atoms in total. The molecule has 2 aliphatic heterocycles. The number of nitrogens with two attached hydrogens (primary N) is 2. The van der Waals surface area contributed by atoms with E-state index in [2.05, 4.69) is 10.6 Å². The first-order valence-electron chi connectivity index (χ1n) is 10.0. The summed E-state index contributed by atoms with van der Waals surface area (Å²) >= 11 is 0. The van der Waals surface area contributed by atoms with E-state index >= 15 is 0 Å². The van der Waals surface area contributed by atoms with Crippen LogP contribution in [0.1, 0.15) is 34.0 Å². The number of nitrogens with one attached hydrogen (secondary N) is 2. The third kappa shape index (κ3) is 3.71. The van der Waals surface area contributed by atoms with E-state index in [0.29, 0.717) is 17.0 Å². The van der Waals surface area contributed by atoms with E-state index in [-0.39, 0.29) is 31.1 Å². The summed E-state index contributed by atoms with van der Waals surface area (Å²) in [5.74, 6) is 2.48. The normalized spacial score (nSPS) is 17.8. The molecule has 0 spiro atoms. The lowest BCUT2D eigenvalue weighted by Crippen LogP contribution is -2.44. The fourth-order valence-corrected chi connectivity index (χ4v) is 3.86. The number of rotatable bonds is 5. The molecule has 2 unspecified atom stereocenters. The van der Waals surface area contributed by atoms with Gasteiger partial charge in [0.1, 0.15) is 5.75 Å². The van der Waals surface area contributed by atoms with Gasteiger partial charge in [-0.1, -0.05) is 24.3 Å². The van der Waals surface area contributed by atoms with Crippen molar-refractivity contribution in [2.45, 2.75) is 32.3 Å². The van der Waals surface area contributed by atoms with E-state index in [1.807, 2.05) is 43.2 Å². The highest BCUT2D eigenvalue weighted by molar-refractivity contribution is 6.63. The van der Waals surface area contributed by atoms with Crippen molar-refractivity contribution >= 4 is 30.0 Å². The van der Waals surface area contributed by atoms with Gasteiger partial charge in [0.25, 0.3) is 0 Å². The van der Waals surface area contributed by atoms with E-state index in [9.17, 15) is 9.59 Å². The molecule has 2 aromatic carbocycles. The van der Waals surface area contributed by atoms with Crippen molar-refractivity contribution in [3.8, 4) is 5.75 Å². The molecule has 0 radical (unpaired) electrons. The van der Waals surface area contributed by atoms with E-state index in [1.54, 1.807) is 13.0 Å². The van der Waals surface area contributed by atoms with Crippen LogP contribution in [0.15, 0.2) is 42.4 Å². The molecule has 2 aromatic rings. The van der Waals surface area contributed by atoms with E-state index in [0.717, 1.165) is 28.8 Å². The fourth-order valence-electron chi connectivity index (χ4n) is 3.86. The maximum absolute atomic E-state index is 12.2. The molecule has 6 N–H and O–H groups in total. The lowest BCUT2D eigenvalue weighted by Gasteiger charge is -2.28. The number of fused-ring (bicyclic) bond motifs is 2. The predicted octanol–water partition coefficient (Wildman–Crippen LogP) is 1.44. The van der Waals surface area contributed by atoms with Crippen LogP contribution in [-0.4, -0.2) is 37.1 Å². The van der Waals surface area contributed by atoms with Crippen molar-refractivity contribution in [2.24, 2.45) is 11.5 Å². The maximum atomic E-state index is 12.2. The number of Topliss-reactive ketones (excluding diaryl/α,β-unsaturated/α-hetero) is 1. The summed E-state index contributed by atoms with van der Waals surface area (Å²) in [5, 5.41) is 6.38. The minimum absolute atomic E-state index is 0.00457. The van der Waals surface area contributed by atoms with E-state index in [1.165, 1.54) is 0 Å². The molecule has 0 fully saturated rings. The molecule has 2 aliphatic rings. The number of amides is 1. The Labute approximate surface area is 176 Å². The van der Waals surface area contributed by atoms with Gasteiger partial charge in [-0.25, -0.2) is 0 Å². The molecular weight excluding hydrogens is 379 g/mol. The maximum Gasteiger partial charge on any atom is 0.409 e. The van der Waals surface area contributed by atoms with Crippen molar-refractivity contribution < 1.29 is 14.2 Å². The number of hydrogen-bond donors (Lipinski definition) is 4. The van der Waals surface area contributed by atoms with Crippen LogP contribution in [0.4, 0.5) is 5.69 Å². The predicted molar refractivity (Wildman–Crippen MR) is 118 cm³/mol.